The minimum absolute atomic E-state index is 0.0462. The van der Waals surface area contributed by atoms with Crippen molar-refractivity contribution in [3.8, 4) is 0 Å². The zero-order chi connectivity index (χ0) is 15.0. The van der Waals surface area contributed by atoms with Gasteiger partial charge in [-0.1, -0.05) is 17.7 Å². The third-order valence-corrected chi connectivity index (χ3v) is 4.71. The number of nitrogens with zero attached hydrogens (tertiary/aromatic N) is 1. The highest BCUT2D eigenvalue weighted by Gasteiger charge is 2.17. The van der Waals surface area contributed by atoms with Crippen LogP contribution in [-0.2, 0) is 10.0 Å². The number of aromatic amines is 1. The van der Waals surface area contributed by atoms with E-state index in [1.54, 1.807) is 24.4 Å². The van der Waals surface area contributed by atoms with Crippen LogP contribution in [0.5, 0.6) is 0 Å². The molecule has 0 fully saturated rings. The van der Waals surface area contributed by atoms with Gasteiger partial charge in [0, 0.05) is 5.39 Å². The lowest BCUT2D eigenvalue weighted by Gasteiger charge is -2.10. The number of hydrogen-bond donors (Lipinski definition) is 3. The molecule has 0 bridgehead atoms. The first-order valence-electron chi connectivity index (χ1n) is 5.97. The molecule has 1 aromatic heterocycles. The Morgan fingerprint density at radius 2 is 2.05 bits per heavy atom. The van der Waals surface area contributed by atoms with Gasteiger partial charge in [-0.3, -0.25) is 9.82 Å². The first kappa shape index (κ1) is 13.7. The number of rotatable bonds is 3. The third-order valence-electron chi connectivity index (χ3n) is 3.01. The highest BCUT2D eigenvalue weighted by molar-refractivity contribution is 7.92. The molecule has 1 heterocycles. The number of halogens is 1. The van der Waals surface area contributed by atoms with Crippen LogP contribution in [0.4, 0.5) is 11.4 Å². The molecule has 3 rings (SSSR count). The average Bonchev–Trinajstić information content (AvgIpc) is 2.91. The summed E-state index contributed by atoms with van der Waals surface area (Å²) in [7, 11) is -3.75. The van der Waals surface area contributed by atoms with E-state index in [0.29, 0.717) is 16.1 Å². The van der Waals surface area contributed by atoms with Gasteiger partial charge in [0.15, 0.2) is 0 Å². The molecule has 6 nitrogen and oxygen atoms in total. The fourth-order valence-corrected chi connectivity index (χ4v) is 3.18. The van der Waals surface area contributed by atoms with Crippen LogP contribution in [-0.4, -0.2) is 18.6 Å². The van der Waals surface area contributed by atoms with Crippen LogP contribution in [0.15, 0.2) is 47.5 Å². The summed E-state index contributed by atoms with van der Waals surface area (Å²) in [5.41, 5.74) is 7.04. The van der Waals surface area contributed by atoms with Crippen molar-refractivity contribution in [3.05, 3.63) is 47.6 Å². The van der Waals surface area contributed by atoms with Crippen molar-refractivity contribution >= 4 is 43.9 Å². The first-order chi connectivity index (χ1) is 9.97. The summed E-state index contributed by atoms with van der Waals surface area (Å²) in [6, 6.07) is 9.37. The summed E-state index contributed by atoms with van der Waals surface area (Å²) in [6.45, 7) is 0. The van der Waals surface area contributed by atoms with E-state index >= 15 is 0 Å². The first-order valence-corrected chi connectivity index (χ1v) is 7.83. The van der Waals surface area contributed by atoms with Crippen LogP contribution >= 0.6 is 11.6 Å². The number of anilines is 2. The molecule has 0 aliphatic carbocycles. The van der Waals surface area contributed by atoms with Crippen molar-refractivity contribution in [2.24, 2.45) is 0 Å². The van der Waals surface area contributed by atoms with Crippen LogP contribution in [0.1, 0.15) is 0 Å². The molecular formula is C13H11ClN4O2S. The predicted molar refractivity (Wildman–Crippen MR) is 82.8 cm³/mol. The Balaban J connectivity index is 2.03. The second-order valence-electron chi connectivity index (χ2n) is 4.43. The summed E-state index contributed by atoms with van der Waals surface area (Å²) in [5.74, 6) is 0. The molecule has 0 saturated heterocycles. The maximum Gasteiger partial charge on any atom is 0.261 e. The number of H-pyrrole nitrogens is 1. The van der Waals surface area contributed by atoms with E-state index in [9.17, 15) is 8.42 Å². The van der Waals surface area contributed by atoms with Crippen molar-refractivity contribution in [1.82, 2.24) is 10.2 Å². The van der Waals surface area contributed by atoms with Gasteiger partial charge in [0.05, 0.1) is 33.0 Å². The Kier molecular flexibility index (Phi) is 3.23. The van der Waals surface area contributed by atoms with E-state index < -0.39 is 10.0 Å². The number of nitrogens with one attached hydrogen (secondary N) is 2. The number of aromatic nitrogens is 2. The average molecular weight is 323 g/mol. The summed E-state index contributed by atoms with van der Waals surface area (Å²) in [5, 5.41) is 7.67. The maximum absolute atomic E-state index is 12.4. The topological polar surface area (TPSA) is 101 Å². The molecule has 8 heteroatoms. The molecule has 4 N–H and O–H groups in total. The Morgan fingerprint density at radius 3 is 2.81 bits per heavy atom. The summed E-state index contributed by atoms with van der Waals surface area (Å²) < 4.78 is 27.3. The van der Waals surface area contributed by atoms with Crippen molar-refractivity contribution in [2.45, 2.75) is 4.90 Å². The SMILES string of the molecule is Nc1cc(S(=O)(=O)Nc2cccc3[nH]ncc23)ccc1Cl. The molecule has 21 heavy (non-hydrogen) atoms. The lowest BCUT2D eigenvalue weighted by Crippen LogP contribution is -2.13. The molecule has 0 aliphatic heterocycles. The minimum atomic E-state index is -3.75. The highest BCUT2D eigenvalue weighted by Crippen LogP contribution is 2.26. The second-order valence-corrected chi connectivity index (χ2v) is 6.52. The van der Waals surface area contributed by atoms with Crippen molar-refractivity contribution in [2.75, 3.05) is 10.5 Å². The molecule has 0 spiro atoms. The van der Waals surface area contributed by atoms with Crippen molar-refractivity contribution < 1.29 is 8.42 Å². The smallest absolute Gasteiger partial charge is 0.261 e. The van der Waals surface area contributed by atoms with Crippen LogP contribution in [0.3, 0.4) is 0 Å². The Bertz CT molecular complexity index is 921. The van der Waals surface area contributed by atoms with Gasteiger partial charge >= 0.3 is 0 Å². The van der Waals surface area contributed by atoms with E-state index in [-0.39, 0.29) is 10.6 Å². The molecule has 108 valence electrons. The number of sulfonamides is 1. The Morgan fingerprint density at radius 1 is 1.24 bits per heavy atom. The molecule has 2 aromatic carbocycles. The third kappa shape index (κ3) is 2.53. The molecule has 0 saturated carbocycles. The zero-order valence-electron chi connectivity index (χ0n) is 10.7. The number of nitrogen functional groups attached to an aromatic ring is 1. The zero-order valence-corrected chi connectivity index (χ0v) is 12.2. The van der Waals surface area contributed by atoms with Crippen LogP contribution in [0, 0.1) is 0 Å². The van der Waals surface area contributed by atoms with E-state index in [1.807, 2.05) is 0 Å². The van der Waals surface area contributed by atoms with Gasteiger partial charge in [0.25, 0.3) is 10.0 Å². The Hall–Kier alpha value is -2.25. The molecule has 0 atom stereocenters. The maximum atomic E-state index is 12.4. The minimum Gasteiger partial charge on any atom is -0.397 e. The monoisotopic (exact) mass is 322 g/mol. The fourth-order valence-electron chi connectivity index (χ4n) is 1.95. The van der Waals surface area contributed by atoms with Gasteiger partial charge in [-0.05, 0) is 30.3 Å². The van der Waals surface area contributed by atoms with E-state index in [2.05, 4.69) is 14.9 Å². The fraction of sp³-hybridized carbons (Fsp3) is 0. The molecule has 3 aromatic rings. The molecule has 0 unspecified atom stereocenters. The Labute approximate surface area is 126 Å². The normalized spacial score (nSPS) is 11.7. The van der Waals surface area contributed by atoms with Crippen LogP contribution < -0.4 is 10.5 Å². The molecule has 0 amide bonds. The number of fused-ring (bicyclic) bond motifs is 1. The van der Waals surface area contributed by atoms with Gasteiger partial charge in [-0.15, -0.1) is 0 Å². The lowest BCUT2D eigenvalue weighted by molar-refractivity contribution is 0.601. The second kappa shape index (κ2) is 4.94. The van der Waals surface area contributed by atoms with Crippen molar-refractivity contribution in [1.29, 1.82) is 0 Å². The molecule has 0 aliphatic rings. The summed E-state index contributed by atoms with van der Waals surface area (Å²) in [6.07, 6.45) is 1.56. The quantitative estimate of drug-likeness (QED) is 0.645. The number of hydrogen-bond acceptors (Lipinski definition) is 4. The van der Waals surface area contributed by atoms with Gasteiger partial charge in [0.1, 0.15) is 0 Å². The number of benzene rings is 2. The van der Waals surface area contributed by atoms with E-state index in [1.165, 1.54) is 18.2 Å². The van der Waals surface area contributed by atoms with Crippen LogP contribution in [0.2, 0.25) is 5.02 Å². The van der Waals surface area contributed by atoms with Gasteiger partial charge < -0.3 is 5.73 Å². The largest absolute Gasteiger partial charge is 0.397 e. The molecular weight excluding hydrogens is 312 g/mol. The van der Waals surface area contributed by atoms with Gasteiger partial charge in [-0.25, -0.2) is 8.42 Å². The lowest BCUT2D eigenvalue weighted by atomic mass is 10.2. The van der Waals surface area contributed by atoms with Gasteiger partial charge in [0.2, 0.25) is 0 Å². The summed E-state index contributed by atoms with van der Waals surface area (Å²) >= 11 is 5.80. The van der Waals surface area contributed by atoms with Gasteiger partial charge in [-0.2, -0.15) is 5.10 Å². The predicted octanol–water partition coefficient (Wildman–Crippen LogP) is 2.60. The van der Waals surface area contributed by atoms with E-state index in [4.69, 9.17) is 17.3 Å². The van der Waals surface area contributed by atoms with Crippen LogP contribution in [0.25, 0.3) is 10.9 Å². The standard InChI is InChI=1S/C13H11ClN4O2S/c14-10-5-4-8(6-11(10)15)21(19,20)18-13-3-1-2-12-9(13)7-16-17-12/h1-7,18H,15H2,(H,16,17). The highest BCUT2D eigenvalue weighted by atomic mass is 35.5. The van der Waals surface area contributed by atoms with Crippen molar-refractivity contribution in [3.63, 3.8) is 0 Å². The summed E-state index contributed by atoms with van der Waals surface area (Å²) in [4.78, 5) is 0.0462. The molecule has 0 radical (unpaired) electrons. The number of nitrogens with two attached hydrogens (primary N) is 1. The van der Waals surface area contributed by atoms with E-state index in [0.717, 1.165) is 5.52 Å².